The van der Waals surface area contributed by atoms with Crippen LogP contribution in [-0.4, -0.2) is 12.5 Å². The third-order valence-electron chi connectivity index (χ3n) is 2.54. The van der Waals surface area contributed by atoms with Crippen molar-refractivity contribution in [3.63, 3.8) is 0 Å². The Morgan fingerprint density at radius 3 is 2.19 bits per heavy atom. The summed E-state index contributed by atoms with van der Waals surface area (Å²) in [7, 11) is 0. The first-order valence-corrected chi connectivity index (χ1v) is 6.65. The van der Waals surface area contributed by atoms with Crippen molar-refractivity contribution in [3.05, 3.63) is 58.1 Å². The summed E-state index contributed by atoms with van der Waals surface area (Å²) in [5.74, 6) is -1.91. The van der Waals surface area contributed by atoms with E-state index in [0.29, 0.717) is 10.0 Å². The second-order valence-corrected chi connectivity index (χ2v) is 4.97. The molecule has 2 rings (SSSR count). The Bertz CT molecular complexity index is 640. The number of hydrogen-bond acceptors (Lipinski definition) is 2. The lowest BCUT2D eigenvalue weighted by Gasteiger charge is -2.10. The fourth-order valence-corrected chi connectivity index (χ4v) is 2.13. The fraction of sp³-hybridized carbons (Fsp3) is 0.0714. The molecule has 0 saturated heterocycles. The fourth-order valence-electron chi connectivity index (χ4n) is 1.64. The van der Waals surface area contributed by atoms with Crippen molar-refractivity contribution in [1.82, 2.24) is 0 Å². The van der Waals surface area contributed by atoms with E-state index in [9.17, 15) is 13.6 Å². The van der Waals surface area contributed by atoms with Crippen LogP contribution in [0.4, 0.5) is 20.2 Å². The second-order valence-electron chi connectivity index (χ2n) is 4.16. The Kier molecular flexibility index (Phi) is 4.98. The molecule has 1 amide bonds. The summed E-state index contributed by atoms with van der Waals surface area (Å²) in [5, 5.41) is 5.73. The molecular weight excluding hydrogens is 321 g/mol. The highest BCUT2D eigenvalue weighted by Crippen LogP contribution is 2.29. The predicted octanol–water partition coefficient (Wildman–Crippen LogP) is 4.32. The summed E-state index contributed by atoms with van der Waals surface area (Å²) in [6.45, 7) is -0.190. The minimum absolute atomic E-state index is 0.160. The minimum Gasteiger partial charge on any atom is -0.376 e. The zero-order valence-electron chi connectivity index (χ0n) is 10.6. The molecule has 0 aliphatic heterocycles. The van der Waals surface area contributed by atoms with E-state index in [1.165, 1.54) is 0 Å². The molecule has 0 aliphatic carbocycles. The first-order chi connectivity index (χ1) is 9.95. The lowest BCUT2D eigenvalue weighted by Crippen LogP contribution is -2.22. The number of anilines is 2. The van der Waals surface area contributed by atoms with Gasteiger partial charge >= 0.3 is 0 Å². The molecule has 2 N–H and O–H groups in total. The summed E-state index contributed by atoms with van der Waals surface area (Å²) in [6.07, 6.45) is 0. The van der Waals surface area contributed by atoms with Crippen molar-refractivity contribution < 1.29 is 13.6 Å². The van der Waals surface area contributed by atoms with Gasteiger partial charge in [0.2, 0.25) is 5.91 Å². The van der Waals surface area contributed by atoms with Gasteiger partial charge in [0.15, 0.2) is 0 Å². The number of amides is 1. The van der Waals surface area contributed by atoms with E-state index in [1.54, 1.807) is 18.2 Å². The number of para-hydroxylation sites is 1. The lowest BCUT2D eigenvalue weighted by atomic mass is 10.3. The van der Waals surface area contributed by atoms with E-state index < -0.39 is 17.5 Å². The van der Waals surface area contributed by atoms with E-state index in [1.807, 2.05) is 0 Å². The van der Waals surface area contributed by atoms with Crippen molar-refractivity contribution in [3.8, 4) is 0 Å². The van der Waals surface area contributed by atoms with Gasteiger partial charge < -0.3 is 10.6 Å². The van der Waals surface area contributed by atoms with Crippen molar-refractivity contribution in [2.75, 3.05) is 17.2 Å². The number of hydrogen-bond donors (Lipinski definition) is 2. The maximum absolute atomic E-state index is 13.0. The number of benzene rings is 2. The highest BCUT2D eigenvalue weighted by Gasteiger charge is 2.09. The second kappa shape index (κ2) is 6.74. The van der Waals surface area contributed by atoms with Crippen LogP contribution in [0.25, 0.3) is 0 Å². The summed E-state index contributed by atoms with van der Waals surface area (Å²) in [6, 6.07) is 7.72. The number of carbonyl (C=O) groups excluding carboxylic acids is 1. The monoisotopic (exact) mass is 330 g/mol. The van der Waals surface area contributed by atoms with E-state index >= 15 is 0 Å². The maximum Gasteiger partial charge on any atom is 0.243 e. The van der Waals surface area contributed by atoms with Gasteiger partial charge in [-0.05, 0) is 24.3 Å². The number of halogens is 4. The van der Waals surface area contributed by atoms with Crippen LogP contribution in [0.2, 0.25) is 10.0 Å². The summed E-state index contributed by atoms with van der Waals surface area (Å²) in [5.41, 5.74) is 0.450. The molecule has 21 heavy (non-hydrogen) atoms. The molecule has 0 atom stereocenters. The van der Waals surface area contributed by atoms with Crippen LogP contribution in [0.5, 0.6) is 0 Å². The van der Waals surface area contributed by atoms with E-state index in [2.05, 4.69) is 10.6 Å². The topological polar surface area (TPSA) is 41.1 Å². The molecule has 0 aliphatic rings. The van der Waals surface area contributed by atoms with Crippen LogP contribution in [0.3, 0.4) is 0 Å². The highest BCUT2D eigenvalue weighted by molar-refractivity contribution is 6.39. The van der Waals surface area contributed by atoms with E-state index in [-0.39, 0.29) is 17.9 Å². The highest BCUT2D eigenvalue weighted by atomic mass is 35.5. The molecule has 0 bridgehead atoms. The number of nitrogens with one attached hydrogen (secondary N) is 2. The quantitative estimate of drug-likeness (QED) is 0.876. The molecule has 0 aromatic heterocycles. The van der Waals surface area contributed by atoms with Crippen LogP contribution in [0.1, 0.15) is 0 Å². The van der Waals surface area contributed by atoms with Crippen LogP contribution in [0, 0.1) is 11.6 Å². The van der Waals surface area contributed by atoms with Gasteiger partial charge in [0.25, 0.3) is 0 Å². The van der Waals surface area contributed by atoms with E-state index in [0.717, 1.165) is 18.2 Å². The molecule has 0 spiro atoms. The van der Waals surface area contributed by atoms with Gasteiger partial charge in [0.05, 0.1) is 22.3 Å². The van der Waals surface area contributed by atoms with Gasteiger partial charge in [0, 0.05) is 11.8 Å². The Balaban J connectivity index is 1.99. The average Bonchev–Trinajstić information content (AvgIpc) is 2.40. The molecule has 3 nitrogen and oxygen atoms in total. The van der Waals surface area contributed by atoms with Crippen LogP contribution in [0.15, 0.2) is 36.4 Å². The molecule has 0 radical (unpaired) electrons. The zero-order chi connectivity index (χ0) is 15.4. The Morgan fingerprint density at radius 1 is 1.05 bits per heavy atom. The van der Waals surface area contributed by atoms with Crippen molar-refractivity contribution in [1.29, 1.82) is 0 Å². The third kappa shape index (κ3) is 4.31. The lowest BCUT2D eigenvalue weighted by molar-refractivity contribution is -0.114. The largest absolute Gasteiger partial charge is 0.376 e. The van der Waals surface area contributed by atoms with Gasteiger partial charge in [0.1, 0.15) is 11.6 Å². The molecule has 0 unspecified atom stereocenters. The average molecular weight is 331 g/mol. The summed E-state index contributed by atoms with van der Waals surface area (Å²) >= 11 is 11.8. The van der Waals surface area contributed by atoms with Gasteiger partial charge in [-0.3, -0.25) is 4.79 Å². The Hall–Kier alpha value is -1.85. The van der Waals surface area contributed by atoms with Crippen molar-refractivity contribution in [2.45, 2.75) is 0 Å². The minimum atomic E-state index is -0.730. The first kappa shape index (κ1) is 15.5. The van der Waals surface area contributed by atoms with Crippen LogP contribution in [-0.2, 0) is 4.79 Å². The smallest absolute Gasteiger partial charge is 0.243 e. The molecule has 110 valence electrons. The summed E-state index contributed by atoms with van der Waals surface area (Å²) in [4.78, 5) is 11.8. The van der Waals surface area contributed by atoms with Gasteiger partial charge in [-0.15, -0.1) is 0 Å². The molecule has 2 aromatic rings. The van der Waals surface area contributed by atoms with Gasteiger partial charge in [-0.2, -0.15) is 0 Å². The SMILES string of the molecule is O=C(CNc1cc(F)cc(F)c1)Nc1c(Cl)cccc1Cl. The maximum atomic E-state index is 13.0. The molecule has 0 saturated carbocycles. The van der Waals surface area contributed by atoms with Crippen LogP contribution >= 0.6 is 23.2 Å². The zero-order valence-corrected chi connectivity index (χ0v) is 12.1. The van der Waals surface area contributed by atoms with Crippen LogP contribution < -0.4 is 10.6 Å². The van der Waals surface area contributed by atoms with Gasteiger partial charge in [-0.1, -0.05) is 29.3 Å². The van der Waals surface area contributed by atoms with E-state index in [4.69, 9.17) is 23.2 Å². The first-order valence-electron chi connectivity index (χ1n) is 5.89. The Morgan fingerprint density at radius 2 is 1.62 bits per heavy atom. The number of rotatable bonds is 4. The standard InChI is InChI=1S/C14H10Cl2F2N2O/c15-11-2-1-3-12(16)14(11)20-13(21)7-19-10-5-8(17)4-9(18)6-10/h1-6,19H,7H2,(H,20,21). The van der Waals surface area contributed by atoms with Crippen molar-refractivity contribution >= 4 is 40.5 Å². The van der Waals surface area contributed by atoms with Gasteiger partial charge in [-0.25, -0.2) is 8.78 Å². The molecule has 0 fully saturated rings. The van der Waals surface area contributed by atoms with Crippen molar-refractivity contribution in [2.24, 2.45) is 0 Å². The normalized spacial score (nSPS) is 10.3. The Labute approximate surface area is 129 Å². The summed E-state index contributed by atoms with van der Waals surface area (Å²) < 4.78 is 26.0. The number of carbonyl (C=O) groups is 1. The predicted molar refractivity (Wildman–Crippen MR) is 79.9 cm³/mol. The molecule has 7 heteroatoms. The molecular formula is C14H10Cl2F2N2O. The molecule has 2 aromatic carbocycles. The molecule has 0 heterocycles. The third-order valence-corrected chi connectivity index (χ3v) is 3.17.